The van der Waals surface area contributed by atoms with Crippen LogP contribution in [0.15, 0.2) is 24.4 Å². The van der Waals surface area contributed by atoms with Crippen molar-refractivity contribution in [3.05, 3.63) is 30.1 Å². The molecule has 2 heterocycles. The van der Waals surface area contributed by atoms with Gasteiger partial charge in [0.2, 0.25) is 0 Å². The van der Waals surface area contributed by atoms with Gasteiger partial charge in [0.1, 0.15) is 0 Å². The Morgan fingerprint density at radius 1 is 1.41 bits per heavy atom. The third-order valence-corrected chi connectivity index (χ3v) is 3.75. The zero-order valence-electron chi connectivity index (χ0n) is 10.8. The number of hydrogen-bond donors (Lipinski definition) is 1. The zero-order valence-corrected chi connectivity index (χ0v) is 10.8. The lowest BCUT2D eigenvalue weighted by Gasteiger charge is -2.18. The molecule has 94 valence electrons. The maximum atomic E-state index is 6.18. The van der Waals surface area contributed by atoms with Crippen molar-refractivity contribution in [2.45, 2.75) is 26.3 Å². The SMILES string of the molecule is CC(C)[C@@H]1CN(CCc2ccccn2)C[C@H]1N. The smallest absolute Gasteiger partial charge is 0.0416 e. The van der Waals surface area contributed by atoms with Gasteiger partial charge in [-0.1, -0.05) is 19.9 Å². The number of nitrogens with two attached hydrogens (primary N) is 1. The van der Waals surface area contributed by atoms with Crippen LogP contribution in [0.1, 0.15) is 19.5 Å². The van der Waals surface area contributed by atoms with Crippen LogP contribution < -0.4 is 5.73 Å². The maximum absolute atomic E-state index is 6.18. The third kappa shape index (κ3) is 3.27. The molecule has 2 N–H and O–H groups in total. The summed E-state index contributed by atoms with van der Waals surface area (Å²) in [6.45, 7) is 7.80. The van der Waals surface area contributed by atoms with Crippen molar-refractivity contribution < 1.29 is 0 Å². The molecule has 1 saturated heterocycles. The summed E-state index contributed by atoms with van der Waals surface area (Å²) in [5.41, 5.74) is 7.36. The molecule has 0 saturated carbocycles. The number of nitrogens with zero attached hydrogens (tertiary/aromatic N) is 2. The molecule has 3 heteroatoms. The van der Waals surface area contributed by atoms with E-state index in [1.165, 1.54) is 5.69 Å². The molecule has 17 heavy (non-hydrogen) atoms. The summed E-state index contributed by atoms with van der Waals surface area (Å²) in [6, 6.07) is 6.45. The Kier molecular flexibility index (Phi) is 4.13. The summed E-state index contributed by atoms with van der Waals surface area (Å²) >= 11 is 0. The highest BCUT2D eigenvalue weighted by atomic mass is 15.2. The second-order valence-electron chi connectivity index (χ2n) is 5.40. The number of hydrogen-bond acceptors (Lipinski definition) is 3. The summed E-state index contributed by atoms with van der Waals surface area (Å²) < 4.78 is 0. The van der Waals surface area contributed by atoms with Gasteiger partial charge in [-0.2, -0.15) is 0 Å². The Labute approximate surface area is 104 Å². The molecule has 1 aromatic rings. The lowest BCUT2D eigenvalue weighted by molar-refractivity contribution is 0.305. The van der Waals surface area contributed by atoms with E-state index in [4.69, 9.17) is 5.73 Å². The van der Waals surface area contributed by atoms with Crippen LogP contribution in [0.25, 0.3) is 0 Å². The molecule has 0 amide bonds. The minimum absolute atomic E-state index is 0.346. The molecule has 0 spiro atoms. The van der Waals surface area contributed by atoms with Gasteiger partial charge in [-0.15, -0.1) is 0 Å². The minimum Gasteiger partial charge on any atom is -0.326 e. The van der Waals surface area contributed by atoms with E-state index in [-0.39, 0.29) is 0 Å². The first-order chi connectivity index (χ1) is 8.16. The monoisotopic (exact) mass is 233 g/mol. The van der Waals surface area contributed by atoms with Crippen molar-refractivity contribution in [2.75, 3.05) is 19.6 Å². The Morgan fingerprint density at radius 3 is 2.82 bits per heavy atom. The molecule has 2 atom stereocenters. The van der Waals surface area contributed by atoms with Crippen molar-refractivity contribution in [3.63, 3.8) is 0 Å². The van der Waals surface area contributed by atoms with Crippen molar-refractivity contribution in [3.8, 4) is 0 Å². The predicted molar refractivity (Wildman–Crippen MR) is 70.7 cm³/mol. The van der Waals surface area contributed by atoms with E-state index in [9.17, 15) is 0 Å². The first kappa shape index (κ1) is 12.5. The van der Waals surface area contributed by atoms with Gasteiger partial charge in [0.25, 0.3) is 0 Å². The van der Waals surface area contributed by atoms with Crippen LogP contribution in [0.2, 0.25) is 0 Å². The van der Waals surface area contributed by atoms with Gasteiger partial charge in [0.05, 0.1) is 0 Å². The van der Waals surface area contributed by atoms with Crippen LogP contribution in [-0.2, 0) is 6.42 Å². The van der Waals surface area contributed by atoms with Gasteiger partial charge in [0.15, 0.2) is 0 Å². The van der Waals surface area contributed by atoms with Crippen LogP contribution >= 0.6 is 0 Å². The van der Waals surface area contributed by atoms with E-state index >= 15 is 0 Å². The van der Waals surface area contributed by atoms with Crippen molar-refractivity contribution in [1.29, 1.82) is 0 Å². The number of pyridine rings is 1. The van der Waals surface area contributed by atoms with Crippen molar-refractivity contribution >= 4 is 0 Å². The van der Waals surface area contributed by atoms with Crippen LogP contribution in [0, 0.1) is 11.8 Å². The van der Waals surface area contributed by atoms with Crippen molar-refractivity contribution in [1.82, 2.24) is 9.88 Å². The quantitative estimate of drug-likeness (QED) is 0.857. The molecule has 0 aliphatic carbocycles. The maximum Gasteiger partial charge on any atom is 0.0416 e. The molecular weight excluding hydrogens is 210 g/mol. The Balaban J connectivity index is 1.82. The van der Waals surface area contributed by atoms with Crippen LogP contribution in [0.3, 0.4) is 0 Å². The fourth-order valence-electron chi connectivity index (χ4n) is 2.65. The highest BCUT2D eigenvalue weighted by Gasteiger charge is 2.31. The van der Waals surface area contributed by atoms with E-state index in [0.29, 0.717) is 17.9 Å². The second-order valence-corrected chi connectivity index (χ2v) is 5.40. The molecule has 1 aliphatic rings. The lowest BCUT2D eigenvalue weighted by atomic mass is 9.92. The van der Waals surface area contributed by atoms with Gasteiger partial charge in [-0.3, -0.25) is 4.98 Å². The van der Waals surface area contributed by atoms with E-state index in [1.54, 1.807) is 0 Å². The normalized spacial score (nSPS) is 25.6. The van der Waals surface area contributed by atoms with E-state index in [2.05, 4.69) is 35.9 Å². The number of rotatable bonds is 4. The average Bonchev–Trinajstić information content (AvgIpc) is 2.69. The highest BCUT2D eigenvalue weighted by Crippen LogP contribution is 2.22. The van der Waals surface area contributed by atoms with E-state index < -0.39 is 0 Å². The lowest BCUT2D eigenvalue weighted by Crippen LogP contribution is -2.32. The summed E-state index contributed by atoms with van der Waals surface area (Å²) in [4.78, 5) is 6.83. The highest BCUT2D eigenvalue weighted by molar-refractivity contribution is 5.04. The molecule has 0 bridgehead atoms. The predicted octanol–water partition coefficient (Wildman–Crippen LogP) is 1.54. The Morgan fingerprint density at radius 2 is 2.24 bits per heavy atom. The molecule has 3 nitrogen and oxygen atoms in total. The molecule has 1 aliphatic heterocycles. The largest absolute Gasteiger partial charge is 0.326 e. The molecule has 1 fully saturated rings. The Bertz CT molecular complexity index is 337. The van der Waals surface area contributed by atoms with E-state index in [0.717, 1.165) is 26.1 Å². The number of aromatic nitrogens is 1. The summed E-state index contributed by atoms with van der Waals surface area (Å²) in [5, 5.41) is 0. The van der Waals surface area contributed by atoms with Gasteiger partial charge in [-0.25, -0.2) is 0 Å². The fourth-order valence-corrected chi connectivity index (χ4v) is 2.65. The Hall–Kier alpha value is -0.930. The topological polar surface area (TPSA) is 42.2 Å². The van der Waals surface area contributed by atoms with Gasteiger partial charge < -0.3 is 10.6 Å². The van der Waals surface area contributed by atoms with Crippen LogP contribution in [-0.4, -0.2) is 35.6 Å². The molecular formula is C14H23N3. The summed E-state index contributed by atoms with van der Waals surface area (Å²) in [5.74, 6) is 1.34. The minimum atomic E-state index is 0.346. The second kappa shape index (κ2) is 5.61. The summed E-state index contributed by atoms with van der Waals surface area (Å²) in [6.07, 6.45) is 2.89. The van der Waals surface area contributed by atoms with E-state index in [1.807, 2.05) is 12.3 Å². The average molecular weight is 233 g/mol. The molecule has 0 aromatic carbocycles. The molecule has 0 radical (unpaired) electrons. The van der Waals surface area contributed by atoms with Gasteiger partial charge in [-0.05, 0) is 24.0 Å². The van der Waals surface area contributed by atoms with Gasteiger partial charge in [0, 0.05) is 44.0 Å². The third-order valence-electron chi connectivity index (χ3n) is 3.75. The first-order valence-corrected chi connectivity index (χ1v) is 6.54. The first-order valence-electron chi connectivity index (χ1n) is 6.54. The fraction of sp³-hybridized carbons (Fsp3) is 0.643. The van der Waals surface area contributed by atoms with Crippen LogP contribution in [0.5, 0.6) is 0 Å². The van der Waals surface area contributed by atoms with Crippen LogP contribution in [0.4, 0.5) is 0 Å². The number of likely N-dealkylation sites (tertiary alicyclic amines) is 1. The molecule has 2 rings (SSSR count). The van der Waals surface area contributed by atoms with Gasteiger partial charge >= 0.3 is 0 Å². The standard InChI is InChI=1S/C14H23N3/c1-11(2)13-9-17(10-14(13)15)8-6-12-5-3-4-7-16-12/h3-5,7,11,13-14H,6,8-10,15H2,1-2H3/t13-,14+/m0/s1. The molecule has 0 unspecified atom stereocenters. The van der Waals surface area contributed by atoms with Crippen molar-refractivity contribution in [2.24, 2.45) is 17.6 Å². The summed E-state index contributed by atoms with van der Waals surface area (Å²) in [7, 11) is 0. The zero-order chi connectivity index (χ0) is 12.3. The molecule has 1 aromatic heterocycles.